The molecule has 0 aromatic carbocycles. The van der Waals surface area contributed by atoms with E-state index in [1.54, 1.807) is 6.92 Å². The van der Waals surface area contributed by atoms with E-state index in [-0.39, 0.29) is 24.5 Å². The molecule has 0 aliphatic heterocycles. The molecular weight excluding hydrogens is 323 g/mol. The van der Waals surface area contributed by atoms with Gasteiger partial charge in [-0.3, -0.25) is 4.79 Å². The molecule has 1 aliphatic rings. The van der Waals surface area contributed by atoms with Crippen molar-refractivity contribution in [2.75, 3.05) is 11.6 Å². The van der Waals surface area contributed by atoms with E-state index in [0.29, 0.717) is 6.42 Å². The van der Waals surface area contributed by atoms with Crippen LogP contribution in [-0.2, 0) is 14.6 Å². The molecule has 1 rings (SSSR count). The van der Waals surface area contributed by atoms with Gasteiger partial charge in [0.15, 0.2) is 9.84 Å². The van der Waals surface area contributed by atoms with Crippen LogP contribution in [0, 0.1) is 5.92 Å². The fourth-order valence-electron chi connectivity index (χ4n) is 2.35. The lowest BCUT2D eigenvalue weighted by Gasteiger charge is -2.25. The van der Waals surface area contributed by atoms with Gasteiger partial charge in [0.1, 0.15) is 9.08 Å². The van der Waals surface area contributed by atoms with Crippen LogP contribution in [0.4, 0.5) is 0 Å². The summed E-state index contributed by atoms with van der Waals surface area (Å²) in [6.45, 7) is 1.78. The van der Waals surface area contributed by atoms with Gasteiger partial charge < -0.3 is 5.11 Å². The van der Waals surface area contributed by atoms with Gasteiger partial charge in [-0.2, -0.15) is 0 Å². The molecule has 18 heavy (non-hydrogen) atoms. The quantitative estimate of drug-likeness (QED) is 0.724. The van der Waals surface area contributed by atoms with E-state index in [4.69, 9.17) is 34.8 Å². The van der Waals surface area contributed by atoms with E-state index in [2.05, 4.69) is 0 Å². The highest BCUT2D eigenvalue weighted by Crippen LogP contribution is 2.66. The molecule has 2 atom stereocenters. The highest BCUT2D eigenvalue weighted by Gasteiger charge is 2.78. The fourth-order valence-corrected chi connectivity index (χ4v) is 6.62. The molecule has 0 heterocycles. The van der Waals surface area contributed by atoms with Crippen LogP contribution in [0.25, 0.3) is 0 Å². The van der Waals surface area contributed by atoms with E-state index >= 15 is 0 Å². The fraction of sp³-hybridized carbons (Fsp3) is 0.900. The predicted octanol–water partition coefficient (Wildman–Crippen LogP) is 2.46. The minimum atomic E-state index is -3.75. The van der Waals surface area contributed by atoms with Crippen molar-refractivity contribution in [3.8, 4) is 0 Å². The number of carboxylic acids is 1. The Morgan fingerprint density at radius 2 is 1.94 bits per heavy atom. The van der Waals surface area contributed by atoms with Gasteiger partial charge in [0.2, 0.25) is 0 Å². The number of halogens is 3. The third-order valence-electron chi connectivity index (χ3n) is 3.32. The molecule has 1 aliphatic carbocycles. The molecule has 2 unspecified atom stereocenters. The van der Waals surface area contributed by atoms with E-state index < -0.39 is 30.8 Å². The van der Waals surface area contributed by atoms with Crippen molar-refractivity contribution in [3.05, 3.63) is 0 Å². The highest BCUT2D eigenvalue weighted by atomic mass is 35.5. The maximum atomic E-state index is 12.2. The summed E-state index contributed by atoms with van der Waals surface area (Å²) in [5.41, 5.74) is 0. The third kappa shape index (κ3) is 2.47. The van der Waals surface area contributed by atoms with Crippen LogP contribution in [0.15, 0.2) is 0 Å². The van der Waals surface area contributed by atoms with Gasteiger partial charge >= 0.3 is 5.97 Å². The van der Waals surface area contributed by atoms with Crippen LogP contribution in [0.5, 0.6) is 0 Å². The minimum absolute atomic E-state index is 0.0562. The Morgan fingerprint density at radius 1 is 1.44 bits per heavy atom. The standard InChI is InChI=1S/C10H15Cl3O4S/c1-2-3-7(8(14)15)9(6-10(9,12)13)18(16,17)5-4-11/h7H,2-6H2,1H3,(H,14,15). The maximum Gasteiger partial charge on any atom is 0.308 e. The summed E-state index contributed by atoms with van der Waals surface area (Å²) >= 11 is 17.3. The third-order valence-corrected chi connectivity index (χ3v) is 7.53. The Hall–Kier alpha value is 0.290. The summed E-state index contributed by atoms with van der Waals surface area (Å²) in [6.07, 6.45) is 0.705. The Morgan fingerprint density at radius 3 is 2.22 bits per heavy atom. The van der Waals surface area contributed by atoms with Crippen LogP contribution in [0.2, 0.25) is 0 Å². The number of rotatable bonds is 7. The largest absolute Gasteiger partial charge is 0.481 e. The van der Waals surface area contributed by atoms with Crippen LogP contribution in [-0.4, -0.2) is 40.2 Å². The Labute approximate surface area is 122 Å². The molecule has 0 bridgehead atoms. The Balaban J connectivity index is 3.22. The predicted molar refractivity (Wildman–Crippen MR) is 72.3 cm³/mol. The second-order valence-electron chi connectivity index (χ2n) is 4.46. The van der Waals surface area contributed by atoms with Crippen molar-refractivity contribution >= 4 is 50.6 Å². The molecule has 0 aromatic heterocycles. The lowest BCUT2D eigenvalue weighted by Crippen LogP contribution is -2.43. The van der Waals surface area contributed by atoms with Crippen molar-refractivity contribution in [1.82, 2.24) is 0 Å². The van der Waals surface area contributed by atoms with E-state index in [0.717, 1.165) is 0 Å². The molecule has 1 fully saturated rings. The molecule has 0 amide bonds. The van der Waals surface area contributed by atoms with Crippen LogP contribution >= 0.6 is 34.8 Å². The molecule has 106 valence electrons. The maximum absolute atomic E-state index is 12.2. The average Bonchev–Trinajstić information content (AvgIpc) is 2.79. The first kappa shape index (κ1) is 16.3. The second-order valence-corrected chi connectivity index (χ2v) is 8.69. The Bertz CT molecular complexity index is 434. The van der Waals surface area contributed by atoms with Gasteiger partial charge in [-0.05, 0) is 6.42 Å². The molecule has 4 nitrogen and oxygen atoms in total. The van der Waals surface area contributed by atoms with E-state index in [1.165, 1.54) is 0 Å². The van der Waals surface area contributed by atoms with Gasteiger partial charge in [0, 0.05) is 12.3 Å². The van der Waals surface area contributed by atoms with Gasteiger partial charge in [0.05, 0.1) is 11.7 Å². The van der Waals surface area contributed by atoms with Crippen LogP contribution in [0.3, 0.4) is 0 Å². The normalized spacial score (nSPS) is 27.8. The molecular formula is C10H15Cl3O4S. The van der Waals surface area contributed by atoms with Gasteiger partial charge in [0.25, 0.3) is 0 Å². The second kappa shape index (κ2) is 5.35. The molecule has 0 spiro atoms. The zero-order chi connectivity index (χ0) is 14.2. The first-order valence-electron chi connectivity index (χ1n) is 5.55. The minimum Gasteiger partial charge on any atom is -0.481 e. The lowest BCUT2D eigenvalue weighted by atomic mass is 9.98. The van der Waals surface area contributed by atoms with E-state index in [9.17, 15) is 18.3 Å². The highest BCUT2D eigenvalue weighted by molar-refractivity contribution is 7.93. The molecule has 0 saturated heterocycles. The number of aliphatic carboxylic acids is 1. The summed E-state index contributed by atoms with van der Waals surface area (Å²) in [5.74, 6) is -2.70. The van der Waals surface area contributed by atoms with Crippen molar-refractivity contribution in [1.29, 1.82) is 0 Å². The molecule has 0 aromatic rings. The zero-order valence-electron chi connectivity index (χ0n) is 9.83. The van der Waals surface area contributed by atoms with Crippen LogP contribution < -0.4 is 0 Å². The van der Waals surface area contributed by atoms with Crippen molar-refractivity contribution < 1.29 is 18.3 Å². The molecule has 1 N–H and O–H groups in total. The lowest BCUT2D eigenvalue weighted by molar-refractivity contribution is -0.142. The Kier molecular flexibility index (Phi) is 4.86. The number of carbonyl (C=O) groups is 1. The van der Waals surface area contributed by atoms with Gasteiger partial charge in [-0.1, -0.05) is 36.5 Å². The smallest absolute Gasteiger partial charge is 0.308 e. The number of hydrogen-bond acceptors (Lipinski definition) is 3. The first-order chi connectivity index (χ1) is 8.16. The molecule has 0 radical (unpaired) electrons. The summed E-state index contributed by atoms with van der Waals surface area (Å²) < 4.78 is 21.3. The number of alkyl halides is 3. The monoisotopic (exact) mass is 336 g/mol. The van der Waals surface area contributed by atoms with E-state index in [1.807, 2.05) is 0 Å². The zero-order valence-corrected chi connectivity index (χ0v) is 12.9. The average molecular weight is 338 g/mol. The number of carboxylic acid groups (broad SMARTS) is 1. The topological polar surface area (TPSA) is 71.4 Å². The molecule has 1 saturated carbocycles. The van der Waals surface area contributed by atoms with Gasteiger partial charge in [-0.25, -0.2) is 8.42 Å². The summed E-state index contributed by atoms with van der Waals surface area (Å²) in [7, 11) is -3.75. The van der Waals surface area contributed by atoms with Gasteiger partial charge in [-0.15, -0.1) is 11.6 Å². The summed E-state index contributed by atoms with van der Waals surface area (Å²) in [6, 6.07) is 0. The number of hydrogen-bond donors (Lipinski definition) is 1. The number of sulfone groups is 1. The molecule has 8 heteroatoms. The summed E-state index contributed by atoms with van der Waals surface area (Å²) in [4.78, 5) is 11.3. The van der Waals surface area contributed by atoms with Crippen LogP contribution in [0.1, 0.15) is 26.2 Å². The van der Waals surface area contributed by atoms with Crippen molar-refractivity contribution in [3.63, 3.8) is 0 Å². The summed E-state index contributed by atoms with van der Waals surface area (Å²) in [5, 5.41) is 9.23. The van der Waals surface area contributed by atoms with Crippen molar-refractivity contribution in [2.45, 2.75) is 35.3 Å². The SMILES string of the molecule is CCCC(C(=O)O)C1(S(=O)(=O)CCCl)CC1(Cl)Cl. The van der Waals surface area contributed by atoms with Crippen molar-refractivity contribution in [2.24, 2.45) is 5.92 Å². The first-order valence-corrected chi connectivity index (χ1v) is 8.49.